The Hall–Kier alpha value is -2.60. The first-order chi connectivity index (χ1) is 12.2. The van der Waals surface area contributed by atoms with Crippen LogP contribution in [-0.2, 0) is 19.6 Å². The third-order valence-electron chi connectivity index (χ3n) is 4.68. The van der Waals surface area contributed by atoms with Gasteiger partial charge in [-0.3, -0.25) is 0 Å². The normalized spacial score (nSPS) is 13.8. The highest BCUT2D eigenvalue weighted by atomic mass is 19.1. The number of halogens is 1. The van der Waals surface area contributed by atoms with Crippen molar-refractivity contribution in [1.29, 1.82) is 0 Å². The first-order valence-electron chi connectivity index (χ1n) is 8.55. The maximum atomic E-state index is 14.1. The highest BCUT2D eigenvalue weighted by molar-refractivity contribution is 5.77. The predicted octanol–water partition coefficient (Wildman–Crippen LogP) is 3.05. The summed E-state index contributed by atoms with van der Waals surface area (Å²) in [6, 6.07) is 11.1. The van der Waals surface area contributed by atoms with Crippen LogP contribution in [0, 0.1) is 5.82 Å². The fourth-order valence-corrected chi connectivity index (χ4v) is 3.41. The molecular formula is C19H21FN4O. The topological polar surface area (TPSA) is 56.3 Å². The summed E-state index contributed by atoms with van der Waals surface area (Å²) in [7, 11) is 0. The Bertz CT molecular complexity index is 921. The number of nitrogens with zero attached hydrogens (tertiary/aromatic N) is 3. The first kappa shape index (κ1) is 15.9. The molecule has 0 saturated heterocycles. The van der Waals surface area contributed by atoms with Crippen molar-refractivity contribution in [2.75, 3.05) is 18.1 Å². The van der Waals surface area contributed by atoms with Crippen LogP contribution in [0.5, 0.6) is 5.75 Å². The van der Waals surface area contributed by atoms with Crippen molar-refractivity contribution in [1.82, 2.24) is 9.55 Å². The van der Waals surface area contributed by atoms with Crippen LogP contribution in [0.2, 0.25) is 0 Å². The molecule has 0 amide bonds. The summed E-state index contributed by atoms with van der Waals surface area (Å²) in [5, 5.41) is 0. The molecule has 1 aliphatic heterocycles. The Balaban J connectivity index is 1.74. The molecule has 2 N–H and O–H groups in total. The summed E-state index contributed by atoms with van der Waals surface area (Å²) >= 11 is 0. The second-order valence-electron chi connectivity index (χ2n) is 6.16. The number of fused-ring (bicyclic) bond motifs is 2. The van der Waals surface area contributed by atoms with Crippen LogP contribution >= 0.6 is 0 Å². The number of nitrogens with two attached hydrogens (primary N) is 1. The molecule has 1 aliphatic rings. The smallest absolute Gasteiger partial charge is 0.151 e. The molecule has 0 atom stereocenters. The number of aryl methyl sites for hydroxylation is 1. The zero-order chi connectivity index (χ0) is 17.4. The van der Waals surface area contributed by atoms with Crippen LogP contribution in [0.4, 0.5) is 10.1 Å². The van der Waals surface area contributed by atoms with Crippen molar-refractivity contribution < 1.29 is 9.13 Å². The van der Waals surface area contributed by atoms with E-state index in [2.05, 4.69) is 27.4 Å². The Kier molecular flexibility index (Phi) is 4.05. The molecule has 2 heterocycles. The molecule has 0 unspecified atom stereocenters. The Morgan fingerprint density at radius 1 is 1.28 bits per heavy atom. The number of ether oxygens (including phenoxy) is 1. The van der Waals surface area contributed by atoms with Gasteiger partial charge in [0.15, 0.2) is 5.82 Å². The zero-order valence-electron chi connectivity index (χ0n) is 14.2. The molecule has 5 nitrogen and oxygen atoms in total. The average Bonchev–Trinajstić information content (AvgIpc) is 3.00. The van der Waals surface area contributed by atoms with Crippen molar-refractivity contribution in [3.8, 4) is 5.75 Å². The molecule has 4 rings (SSSR count). The van der Waals surface area contributed by atoms with Crippen molar-refractivity contribution in [3.63, 3.8) is 0 Å². The number of para-hydroxylation sites is 1. The standard InChI is InChI=1S/C19H21FN4O/c1-2-24-15-5-3-4-14(20)19(15)22-18(24)12-23-8-9-25-17-7-6-13(11-21)10-16(17)23/h3-7,10H,2,8-9,11-12,21H2,1H3. The van der Waals surface area contributed by atoms with Crippen LogP contribution in [-0.4, -0.2) is 22.7 Å². The predicted molar refractivity (Wildman–Crippen MR) is 96.2 cm³/mol. The summed E-state index contributed by atoms with van der Waals surface area (Å²) in [5.41, 5.74) is 9.12. The molecule has 2 aromatic carbocycles. The van der Waals surface area contributed by atoms with E-state index < -0.39 is 0 Å². The number of hydrogen-bond acceptors (Lipinski definition) is 4. The van der Waals surface area contributed by atoms with Gasteiger partial charge in [-0.05, 0) is 36.8 Å². The SMILES string of the molecule is CCn1c(CN2CCOc3ccc(CN)cc32)nc2c(F)cccc21. The van der Waals surface area contributed by atoms with Crippen LogP contribution in [0.1, 0.15) is 18.3 Å². The fourth-order valence-electron chi connectivity index (χ4n) is 3.41. The third kappa shape index (κ3) is 2.72. The number of anilines is 1. The summed E-state index contributed by atoms with van der Waals surface area (Å²) in [6.07, 6.45) is 0. The van der Waals surface area contributed by atoms with Gasteiger partial charge in [-0.25, -0.2) is 9.37 Å². The lowest BCUT2D eigenvalue weighted by molar-refractivity contribution is 0.306. The second kappa shape index (κ2) is 6.37. The maximum absolute atomic E-state index is 14.1. The molecule has 6 heteroatoms. The molecule has 0 aliphatic carbocycles. The summed E-state index contributed by atoms with van der Waals surface area (Å²) in [4.78, 5) is 6.80. The van der Waals surface area contributed by atoms with E-state index in [0.29, 0.717) is 25.2 Å². The van der Waals surface area contributed by atoms with E-state index >= 15 is 0 Å². The van der Waals surface area contributed by atoms with Gasteiger partial charge in [0.1, 0.15) is 23.7 Å². The van der Waals surface area contributed by atoms with E-state index in [1.807, 2.05) is 18.2 Å². The number of benzene rings is 2. The average molecular weight is 340 g/mol. The van der Waals surface area contributed by atoms with Gasteiger partial charge in [-0.15, -0.1) is 0 Å². The van der Waals surface area contributed by atoms with Gasteiger partial charge in [0.05, 0.1) is 24.3 Å². The van der Waals surface area contributed by atoms with E-state index in [9.17, 15) is 4.39 Å². The minimum atomic E-state index is -0.279. The van der Waals surface area contributed by atoms with E-state index in [1.165, 1.54) is 6.07 Å². The lowest BCUT2D eigenvalue weighted by Gasteiger charge is -2.31. The first-order valence-corrected chi connectivity index (χ1v) is 8.55. The molecule has 3 aromatic rings. The number of imidazole rings is 1. The molecule has 1 aromatic heterocycles. The number of rotatable bonds is 4. The summed E-state index contributed by atoms with van der Waals surface area (Å²) in [5.74, 6) is 1.43. The molecule has 130 valence electrons. The van der Waals surface area contributed by atoms with Crippen LogP contribution in [0.25, 0.3) is 11.0 Å². The molecule has 0 fully saturated rings. The molecular weight excluding hydrogens is 319 g/mol. The molecule has 0 radical (unpaired) electrons. The zero-order valence-corrected chi connectivity index (χ0v) is 14.2. The highest BCUT2D eigenvalue weighted by Gasteiger charge is 2.21. The van der Waals surface area contributed by atoms with Crippen LogP contribution in [0.15, 0.2) is 36.4 Å². The highest BCUT2D eigenvalue weighted by Crippen LogP contribution is 2.33. The van der Waals surface area contributed by atoms with E-state index in [4.69, 9.17) is 10.5 Å². The lowest BCUT2D eigenvalue weighted by Crippen LogP contribution is -2.33. The molecule has 0 bridgehead atoms. The fraction of sp³-hybridized carbons (Fsp3) is 0.316. The van der Waals surface area contributed by atoms with Gasteiger partial charge >= 0.3 is 0 Å². The second-order valence-corrected chi connectivity index (χ2v) is 6.16. The third-order valence-corrected chi connectivity index (χ3v) is 4.68. The van der Waals surface area contributed by atoms with E-state index in [1.54, 1.807) is 6.07 Å². The largest absolute Gasteiger partial charge is 0.490 e. The van der Waals surface area contributed by atoms with Crippen LogP contribution < -0.4 is 15.4 Å². The Morgan fingerprint density at radius 2 is 2.16 bits per heavy atom. The molecule has 0 saturated carbocycles. The van der Waals surface area contributed by atoms with Crippen molar-refractivity contribution >= 4 is 16.7 Å². The lowest BCUT2D eigenvalue weighted by atomic mass is 10.1. The Morgan fingerprint density at radius 3 is 2.96 bits per heavy atom. The maximum Gasteiger partial charge on any atom is 0.151 e. The van der Waals surface area contributed by atoms with Gasteiger partial charge in [0, 0.05) is 13.1 Å². The van der Waals surface area contributed by atoms with Crippen molar-refractivity contribution in [3.05, 3.63) is 53.6 Å². The Labute approximate surface area is 145 Å². The van der Waals surface area contributed by atoms with Crippen molar-refractivity contribution in [2.45, 2.75) is 26.6 Å². The summed E-state index contributed by atoms with van der Waals surface area (Å²) in [6.45, 7) is 5.27. The monoisotopic (exact) mass is 340 g/mol. The van der Waals surface area contributed by atoms with Gasteiger partial charge in [-0.1, -0.05) is 12.1 Å². The van der Waals surface area contributed by atoms with Gasteiger partial charge in [-0.2, -0.15) is 0 Å². The van der Waals surface area contributed by atoms with E-state index in [-0.39, 0.29) is 5.82 Å². The van der Waals surface area contributed by atoms with E-state index in [0.717, 1.165) is 41.4 Å². The minimum absolute atomic E-state index is 0.279. The number of hydrogen-bond donors (Lipinski definition) is 1. The molecule has 25 heavy (non-hydrogen) atoms. The minimum Gasteiger partial charge on any atom is -0.490 e. The van der Waals surface area contributed by atoms with Gasteiger partial charge in [0.2, 0.25) is 0 Å². The van der Waals surface area contributed by atoms with Gasteiger partial charge < -0.3 is 19.9 Å². The number of aromatic nitrogens is 2. The quantitative estimate of drug-likeness (QED) is 0.793. The molecule has 0 spiro atoms. The summed E-state index contributed by atoms with van der Waals surface area (Å²) < 4.78 is 21.9. The van der Waals surface area contributed by atoms with Crippen LogP contribution in [0.3, 0.4) is 0 Å². The van der Waals surface area contributed by atoms with Gasteiger partial charge in [0.25, 0.3) is 0 Å². The van der Waals surface area contributed by atoms with Crippen molar-refractivity contribution in [2.24, 2.45) is 5.73 Å².